The Morgan fingerprint density at radius 3 is 2.19 bits per heavy atom. The summed E-state index contributed by atoms with van der Waals surface area (Å²) in [6, 6.07) is 7.35. The van der Waals surface area contributed by atoms with E-state index in [1.807, 2.05) is 12.1 Å². The van der Waals surface area contributed by atoms with Gasteiger partial charge in [0.1, 0.15) is 14.2 Å². The fourth-order valence-corrected chi connectivity index (χ4v) is 1.67. The Bertz CT molecular complexity index is 393. The lowest BCUT2D eigenvalue weighted by atomic mass is 10.1. The molecule has 0 radical (unpaired) electrons. The van der Waals surface area contributed by atoms with Gasteiger partial charge in [-0.15, -0.1) is 5.54 Å². The first-order valence-corrected chi connectivity index (χ1v) is 8.84. The standard InChI is InChI=1S/C13H18O2Si/c1-16(2,3)9-8-11-4-6-12(7-5-11)13(15)10-14/h4-7,13-15H,10H2,1-3H3. The van der Waals surface area contributed by atoms with Crippen LogP contribution in [0.4, 0.5) is 0 Å². The Labute approximate surface area is 98.0 Å². The molecule has 0 heterocycles. The number of aliphatic hydroxyl groups is 2. The van der Waals surface area contributed by atoms with E-state index in [-0.39, 0.29) is 6.61 Å². The molecule has 2 N–H and O–H groups in total. The lowest BCUT2D eigenvalue weighted by Crippen LogP contribution is -2.16. The van der Waals surface area contributed by atoms with Crippen LogP contribution in [-0.4, -0.2) is 24.9 Å². The monoisotopic (exact) mass is 234 g/mol. The molecule has 0 spiro atoms. The van der Waals surface area contributed by atoms with Gasteiger partial charge in [0.25, 0.3) is 0 Å². The van der Waals surface area contributed by atoms with Gasteiger partial charge in [0, 0.05) is 5.56 Å². The van der Waals surface area contributed by atoms with Crippen molar-refractivity contribution in [1.29, 1.82) is 0 Å². The smallest absolute Gasteiger partial charge is 0.129 e. The molecule has 0 saturated carbocycles. The summed E-state index contributed by atoms with van der Waals surface area (Å²) in [7, 11) is -1.33. The van der Waals surface area contributed by atoms with Crippen LogP contribution in [0.2, 0.25) is 19.6 Å². The Morgan fingerprint density at radius 2 is 1.75 bits per heavy atom. The summed E-state index contributed by atoms with van der Waals surface area (Å²) in [5.41, 5.74) is 4.96. The zero-order valence-corrected chi connectivity index (χ0v) is 11.0. The van der Waals surface area contributed by atoms with Gasteiger partial charge in [0.05, 0.1) is 6.61 Å². The van der Waals surface area contributed by atoms with Crippen molar-refractivity contribution in [2.24, 2.45) is 0 Å². The van der Waals surface area contributed by atoms with Crippen molar-refractivity contribution in [2.45, 2.75) is 25.7 Å². The Hall–Kier alpha value is -1.08. The molecule has 1 unspecified atom stereocenters. The van der Waals surface area contributed by atoms with E-state index in [0.717, 1.165) is 11.1 Å². The molecular weight excluding hydrogens is 216 g/mol. The SMILES string of the molecule is C[Si](C)(C)C#Cc1ccc(C(O)CO)cc1. The van der Waals surface area contributed by atoms with Gasteiger partial charge in [0.2, 0.25) is 0 Å². The minimum Gasteiger partial charge on any atom is -0.393 e. The first-order valence-electron chi connectivity index (χ1n) is 5.34. The minimum absolute atomic E-state index is 0.250. The van der Waals surface area contributed by atoms with Crippen molar-refractivity contribution < 1.29 is 10.2 Å². The quantitative estimate of drug-likeness (QED) is 0.606. The molecule has 0 aliphatic rings. The van der Waals surface area contributed by atoms with E-state index in [2.05, 4.69) is 31.1 Å². The molecular formula is C13H18O2Si. The predicted octanol–water partition coefficient (Wildman–Crippen LogP) is 1.94. The van der Waals surface area contributed by atoms with Crippen molar-refractivity contribution in [3.05, 3.63) is 35.4 Å². The van der Waals surface area contributed by atoms with Crippen molar-refractivity contribution >= 4 is 8.07 Å². The van der Waals surface area contributed by atoms with Gasteiger partial charge in [-0.25, -0.2) is 0 Å². The van der Waals surface area contributed by atoms with Gasteiger partial charge in [-0.1, -0.05) is 37.7 Å². The van der Waals surface area contributed by atoms with Crippen LogP contribution in [0.1, 0.15) is 17.2 Å². The summed E-state index contributed by atoms with van der Waals surface area (Å²) < 4.78 is 0. The van der Waals surface area contributed by atoms with Crippen LogP contribution in [0.3, 0.4) is 0 Å². The zero-order valence-electron chi connectivity index (χ0n) is 9.99. The maximum absolute atomic E-state index is 9.40. The van der Waals surface area contributed by atoms with Crippen LogP contribution < -0.4 is 0 Å². The molecule has 86 valence electrons. The summed E-state index contributed by atoms with van der Waals surface area (Å²) >= 11 is 0. The summed E-state index contributed by atoms with van der Waals surface area (Å²) in [4.78, 5) is 0. The van der Waals surface area contributed by atoms with Crippen molar-refractivity contribution in [3.8, 4) is 11.5 Å². The van der Waals surface area contributed by atoms with Crippen molar-refractivity contribution in [3.63, 3.8) is 0 Å². The highest BCUT2D eigenvalue weighted by molar-refractivity contribution is 6.83. The molecule has 3 heteroatoms. The number of rotatable bonds is 2. The average Bonchev–Trinajstić information content (AvgIpc) is 2.25. The fourth-order valence-electron chi connectivity index (χ4n) is 1.15. The molecule has 1 atom stereocenters. The molecule has 1 aromatic carbocycles. The highest BCUT2D eigenvalue weighted by atomic mass is 28.3. The van der Waals surface area contributed by atoms with Crippen LogP contribution in [-0.2, 0) is 0 Å². The second-order valence-corrected chi connectivity index (χ2v) is 9.57. The lowest BCUT2D eigenvalue weighted by molar-refractivity contribution is 0.0956. The van der Waals surface area contributed by atoms with Gasteiger partial charge in [-0.05, 0) is 17.7 Å². The molecule has 0 fully saturated rings. The molecule has 16 heavy (non-hydrogen) atoms. The minimum atomic E-state index is -1.33. The number of benzene rings is 1. The molecule has 0 amide bonds. The van der Waals surface area contributed by atoms with Gasteiger partial charge in [0.15, 0.2) is 0 Å². The maximum Gasteiger partial charge on any atom is 0.129 e. The van der Waals surface area contributed by atoms with E-state index in [1.54, 1.807) is 12.1 Å². The maximum atomic E-state index is 9.40. The third-order valence-electron chi connectivity index (χ3n) is 2.05. The van der Waals surface area contributed by atoms with Crippen LogP contribution in [0.5, 0.6) is 0 Å². The molecule has 0 bridgehead atoms. The summed E-state index contributed by atoms with van der Waals surface area (Å²) in [6.45, 7) is 6.34. The second kappa shape index (κ2) is 5.31. The Kier molecular flexibility index (Phi) is 4.31. The van der Waals surface area contributed by atoms with Crippen LogP contribution in [0, 0.1) is 11.5 Å². The first-order chi connectivity index (χ1) is 7.42. The molecule has 1 rings (SSSR count). The third-order valence-corrected chi connectivity index (χ3v) is 2.93. The Balaban J connectivity index is 2.82. The van der Waals surface area contributed by atoms with Gasteiger partial charge in [-0.3, -0.25) is 0 Å². The van der Waals surface area contributed by atoms with Crippen molar-refractivity contribution in [2.75, 3.05) is 6.61 Å². The van der Waals surface area contributed by atoms with Gasteiger partial charge >= 0.3 is 0 Å². The topological polar surface area (TPSA) is 40.5 Å². The van der Waals surface area contributed by atoms with E-state index < -0.39 is 14.2 Å². The number of hydrogen-bond donors (Lipinski definition) is 2. The van der Waals surface area contributed by atoms with E-state index in [1.165, 1.54) is 0 Å². The van der Waals surface area contributed by atoms with Crippen molar-refractivity contribution in [1.82, 2.24) is 0 Å². The average molecular weight is 234 g/mol. The molecule has 0 aliphatic heterocycles. The van der Waals surface area contributed by atoms with Crippen LogP contribution in [0.25, 0.3) is 0 Å². The molecule has 0 saturated heterocycles. The zero-order chi connectivity index (χ0) is 12.2. The third kappa shape index (κ3) is 4.19. The van der Waals surface area contributed by atoms with E-state index in [9.17, 15) is 5.11 Å². The van der Waals surface area contributed by atoms with E-state index in [0.29, 0.717) is 0 Å². The summed E-state index contributed by atoms with van der Waals surface area (Å²) in [5.74, 6) is 3.14. The predicted molar refractivity (Wildman–Crippen MR) is 68.7 cm³/mol. The highest BCUT2D eigenvalue weighted by Crippen LogP contribution is 2.12. The molecule has 2 nitrogen and oxygen atoms in total. The number of hydrogen-bond acceptors (Lipinski definition) is 2. The largest absolute Gasteiger partial charge is 0.393 e. The van der Waals surface area contributed by atoms with Gasteiger partial charge < -0.3 is 10.2 Å². The van der Waals surface area contributed by atoms with Crippen LogP contribution >= 0.6 is 0 Å². The second-order valence-electron chi connectivity index (χ2n) is 4.82. The molecule has 0 aliphatic carbocycles. The lowest BCUT2D eigenvalue weighted by Gasteiger charge is -2.07. The summed E-state index contributed by atoms with van der Waals surface area (Å²) in [5, 5.41) is 18.2. The Morgan fingerprint density at radius 1 is 1.19 bits per heavy atom. The summed E-state index contributed by atoms with van der Waals surface area (Å²) in [6.07, 6.45) is -0.793. The first kappa shape index (κ1) is 13.0. The highest BCUT2D eigenvalue weighted by Gasteiger charge is 2.08. The molecule has 1 aromatic rings. The van der Waals surface area contributed by atoms with Crippen LogP contribution in [0.15, 0.2) is 24.3 Å². The molecule has 0 aromatic heterocycles. The number of aliphatic hydroxyl groups excluding tert-OH is 2. The fraction of sp³-hybridized carbons (Fsp3) is 0.385. The van der Waals surface area contributed by atoms with E-state index in [4.69, 9.17) is 5.11 Å². The normalized spacial score (nSPS) is 12.8. The van der Waals surface area contributed by atoms with Gasteiger partial charge in [-0.2, -0.15) is 0 Å². The van der Waals surface area contributed by atoms with E-state index >= 15 is 0 Å².